The molecule has 4 nitrogen and oxygen atoms in total. The molecule has 2 N–H and O–H groups in total. The van der Waals surface area contributed by atoms with E-state index in [1.165, 1.54) is 0 Å². The van der Waals surface area contributed by atoms with E-state index in [1.54, 1.807) is 0 Å². The molecule has 0 fully saturated rings. The van der Waals surface area contributed by atoms with Crippen LogP contribution < -0.4 is 5.32 Å². The molecule has 0 radical (unpaired) electrons. The summed E-state index contributed by atoms with van der Waals surface area (Å²) in [6, 6.07) is 9.52. The lowest BCUT2D eigenvalue weighted by Crippen LogP contribution is -2.32. The van der Waals surface area contributed by atoms with Crippen molar-refractivity contribution in [3.05, 3.63) is 35.9 Å². The third-order valence-electron chi connectivity index (χ3n) is 2.59. The highest BCUT2D eigenvalue weighted by atomic mass is 32.2. The number of hydrogen-bond donors (Lipinski definition) is 2. The van der Waals surface area contributed by atoms with Crippen LogP contribution in [0.4, 0.5) is 4.39 Å². The molecule has 1 aromatic rings. The van der Waals surface area contributed by atoms with Crippen LogP contribution in [-0.4, -0.2) is 31.4 Å². The van der Waals surface area contributed by atoms with Gasteiger partial charge in [0.05, 0.1) is 0 Å². The Morgan fingerprint density at radius 1 is 1.33 bits per heavy atom. The van der Waals surface area contributed by atoms with Crippen molar-refractivity contribution in [2.45, 2.75) is 25.6 Å². The number of halogens is 1. The van der Waals surface area contributed by atoms with E-state index in [2.05, 4.69) is 5.32 Å². The molecule has 0 saturated carbocycles. The van der Waals surface area contributed by atoms with Gasteiger partial charge in [-0.1, -0.05) is 37.3 Å². The average Bonchev–Trinajstić information content (AvgIpc) is 2.29. The van der Waals surface area contributed by atoms with E-state index < -0.39 is 22.0 Å². The molecule has 0 aliphatic carbocycles. The Bertz CT molecular complexity index is 450. The van der Waals surface area contributed by atoms with Gasteiger partial charge < -0.3 is 5.32 Å². The van der Waals surface area contributed by atoms with Crippen LogP contribution in [0.25, 0.3) is 0 Å². The smallest absolute Gasteiger partial charge is 0.267 e. The first-order valence-corrected chi connectivity index (χ1v) is 7.41. The molecular formula is C12H18FNO3S. The number of hydrogen-bond acceptors (Lipinski definition) is 3. The average molecular weight is 275 g/mol. The molecule has 0 bridgehead atoms. The summed E-state index contributed by atoms with van der Waals surface area (Å²) in [7, 11) is -4.26. The van der Waals surface area contributed by atoms with Crippen LogP contribution in [0.3, 0.4) is 0 Å². The zero-order valence-electron chi connectivity index (χ0n) is 10.2. The molecule has 1 unspecified atom stereocenters. The Balaban J connectivity index is 2.51. The van der Waals surface area contributed by atoms with Gasteiger partial charge >= 0.3 is 0 Å². The number of rotatable bonds is 7. The molecule has 0 heterocycles. The predicted octanol–water partition coefficient (Wildman–Crippen LogP) is 1.95. The van der Waals surface area contributed by atoms with Crippen molar-refractivity contribution < 1.29 is 17.4 Å². The summed E-state index contributed by atoms with van der Waals surface area (Å²) < 4.78 is 42.9. The van der Waals surface area contributed by atoms with Gasteiger partial charge in [0.15, 0.2) is 0 Å². The highest BCUT2D eigenvalue weighted by Gasteiger charge is 2.17. The Morgan fingerprint density at radius 2 is 1.94 bits per heavy atom. The topological polar surface area (TPSA) is 66.4 Å². The van der Waals surface area contributed by atoms with E-state index in [0.717, 1.165) is 12.0 Å². The summed E-state index contributed by atoms with van der Waals surface area (Å²) >= 11 is 0. The van der Waals surface area contributed by atoms with Crippen LogP contribution in [0, 0.1) is 0 Å². The van der Waals surface area contributed by atoms with E-state index in [-0.39, 0.29) is 12.6 Å². The first kappa shape index (κ1) is 15.1. The lowest BCUT2D eigenvalue weighted by molar-refractivity contribution is 0.322. The van der Waals surface area contributed by atoms with Gasteiger partial charge in [0.2, 0.25) is 0 Å². The van der Waals surface area contributed by atoms with E-state index in [4.69, 9.17) is 4.55 Å². The number of nitrogens with one attached hydrogen (secondary N) is 1. The molecule has 0 amide bonds. The third kappa shape index (κ3) is 5.57. The van der Waals surface area contributed by atoms with E-state index in [1.807, 2.05) is 37.3 Å². The highest BCUT2D eigenvalue weighted by Crippen LogP contribution is 2.15. The van der Waals surface area contributed by atoms with Gasteiger partial charge in [0.1, 0.15) is 11.9 Å². The van der Waals surface area contributed by atoms with E-state index in [9.17, 15) is 12.8 Å². The molecular weight excluding hydrogens is 257 g/mol. The fourth-order valence-electron chi connectivity index (χ4n) is 1.74. The molecule has 0 aliphatic heterocycles. The van der Waals surface area contributed by atoms with Crippen LogP contribution >= 0.6 is 0 Å². The first-order chi connectivity index (χ1) is 8.42. The van der Waals surface area contributed by atoms with E-state index in [0.29, 0.717) is 0 Å². The lowest BCUT2D eigenvalue weighted by atomic mass is 10.0. The molecule has 6 heteroatoms. The monoisotopic (exact) mass is 275 g/mol. The number of benzene rings is 1. The second-order valence-corrected chi connectivity index (χ2v) is 5.62. The Hall–Kier alpha value is -0.980. The number of alkyl halides is 1. The minimum absolute atomic E-state index is 0.0224. The minimum atomic E-state index is -4.26. The predicted molar refractivity (Wildman–Crippen MR) is 68.8 cm³/mol. The van der Waals surface area contributed by atoms with Crippen molar-refractivity contribution in [1.82, 2.24) is 5.32 Å². The van der Waals surface area contributed by atoms with E-state index >= 15 is 0 Å². The van der Waals surface area contributed by atoms with Crippen LogP contribution in [0.1, 0.15) is 24.9 Å². The van der Waals surface area contributed by atoms with Crippen LogP contribution in [0.15, 0.2) is 30.3 Å². The molecule has 0 spiro atoms. The van der Waals surface area contributed by atoms with Crippen molar-refractivity contribution >= 4 is 10.1 Å². The summed E-state index contributed by atoms with van der Waals surface area (Å²) in [4.78, 5) is 0. The molecule has 18 heavy (non-hydrogen) atoms. The zero-order chi connectivity index (χ0) is 13.6. The molecule has 1 aromatic carbocycles. The Labute approximate surface area is 107 Å². The van der Waals surface area contributed by atoms with Crippen molar-refractivity contribution in [2.24, 2.45) is 0 Å². The summed E-state index contributed by atoms with van der Waals surface area (Å²) in [6.45, 7) is 1.86. The van der Waals surface area contributed by atoms with Gasteiger partial charge in [-0.2, -0.15) is 8.42 Å². The highest BCUT2D eigenvalue weighted by molar-refractivity contribution is 7.85. The summed E-state index contributed by atoms with van der Waals surface area (Å²) in [5.74, 6) is -0.870. The summed E-state index contributed by atoms with van der Waals surface area (Å²) in [5.41, 5.74) is 1.03. The standard InChI is InChI=1S/C12H18FNO3S/c1-2-12(10-6-4-3-5-7-10)14-8-11(13)9-18(15,16)17/h3-7,11-12,14H,2,8-9H2,1H3,(H,15,16,17)/t11?,12-/m0/s1. The molecule has 1 rings (SSSR count). The maximum atomic E-state index is 13.3. The second-order valence-electron chi connectivity index (χ2n) is 4.13. The Morgan fingerprint density at radius 3 is 2.44 bits per heavy atom. The fourth-order valence-corrected chi connectivity index (χ4v) is 2.32. The van der Waals surface area contributed by atoms with Gasteiger partial charge in [-0.25, -0.2) is 4.39 Å². The second kappa shape index (κ2) is 6.82. The van der Waals surface area contributed by atoms with Gasteiger partial charge in [-0.05, 0) is 12.0 Å². The molecule has 0 saturated heterocycles. The van der Waals surface area contributed by atoms with Gasteiger partial charge in [-0.15, -0.1) is 0 Å². The van der Waals surface area contributed by atoms with Gasteiger partial charge in [0, 0.05) is 12.6 Å². The van der Waals surface area contributed by atoms with Gasteiger partial charge in [-0.3, -0.25) is 4.55 Å². The normalized spacial score (nSPS) is 15.3. The fraction of sp³-hybridized carbons (Fsp3) is 0.500. The van der Waals surface area contributed by atoms with Gasteiger partial charge in [0.25, 0.3) is 10.1 Å². The van der Waals surface area contributed by atoms with Crippen molar-refractivity contribution in [3.63, 3.8) is 0 Å². The third-order valence-corrected chi connectivity index (χ3v) is 3.37. The van der Waals surface area contributed by atoms with Crippen molar-refractivity contribution in [2.75, 3.05) is 12.3 Å². The summed E-state index contributed by atoms with van der Waals surface area (Å²) in [5, 5.41) is 2.96. The molecule has 2 atom stereocenters. The van der Waals surface area contributed by atoms with Crippen LogP contribution in [0.5, 0.6) is 0 Å². The largest absolute Gasteiger partial charge is 0.307 e. The molecule has 0 aliphatic rings. The minimum Gasteiger partial charge on any atom is -0.307 e. The summed E-state index contributed by atoms with van der Waals surface area (Å²) in [6.07, 6.45) is -0.847. The maximum Gasteiger partial charge on any atom is 0.267 e. The van der Waals surface area contributed by atoms with Crippen LogP contribution in [0.2, 0.25) is 0 Å². The zero-order valence-corrected chi connectivity index (χ0v) is 11.0. The van der Waals surface area contributed by atoms with Crippen molar-refractivity contribution in [3.8, 4) is 0 Å². The molecule has 0 aromatic heterocycles. The van der Waals surface area contributed by atoms with Crippen molar-refractivity contribution in [1.29, 1.82) is 0 Å². The quantitative estimate of drug-likeness (QED) is 0.746. The van der Waals surface area contributed by atoms with Crippen LogP contribution in [-0.2, 0) is 10.1 Å². The lowest BCUT2D eigenvalue weighted by Gasteiger charge is -2.18. The Kier molecular flexibility index (Phi) is 5.71. The maximum absolute atomic E-state index is 13.3. The molecule has 102 valence electrons. The SMILES string of the molecule is CC[C@H](NCC(F)CS(=O)(=O)O)c1ccccc1. The first-order valence-electron chi connectivity index (χ1n) is 5.80.